The van der Waals surface area contributed by atoms with E-state index in [1.807, 2.05) is 4.68 Å². The molecule has 3 rings (SSSR count). The summed E-state index contributed by atoms with van der Waals surface area (Å²) in [5.41, 5.74) is 0. The maximum Gasteiger partial charge on any atom is 0.138 e. The first kappa shape index (κ1) is 9.33. The Hall–Kier alpha value is -0.900. The molecule has 1 N–H and O–H groups in total. The molecule has 0 bridgehead atoms. The van der Waals surface area contributed by atoms with Gasteiger partial charge in [0.1, 0.15) is 12.2 Å². The predicted octanol–water partition coefficient (Wildman–Crippen LogP) is 0.981. The van der Waals surface area contributed by atoms with E-state index in [4.69, 9.17) is 0 Å². The SMILES string of the molecule is CC(NC1CCc2ncnn2C1)C1CC1. The van der Waals surface area contributed by atoms with E-state index in [1.165, 1.54) is 19.3 Å². The Labute approximate surface area is 90.1 Å². The molecule has 2 unspecified atom stereocenters. The van der Waals surface area contributed by atoms with Crippen LogP contribution in [0.4, 0.5) is 0 Å². The lowest BCUT2D eigenvalue weighted by Gasteiger charge is -2.26. The number of nitrogens with one attached hydrogen (secondary N) is 1. The second-order valence-electron chi connectivity index (χ2n) is 4.89. The lowest BCUT2D eigenvalue weighted by atomic mass is 10.1. The molecule has 1 aliphatic heterocycles. The van der Waals surface area contributed by atoms with Crippen molar-refractivity contribution < 1.29 is 0 Å². The fraction of sp³-hybridized carbons (Fsp3) is 0.818. The van der Waals surface area contributed by atoms with Crippen molar-refractivity contribution in [1.82, 2.24) is 20.1 Å². The minimum Gasteiger partial charge on any atom is -0.309 e. The Kier molecular flexibility index (Phi) is 2.24. The summed E-state index contributed by atoms with van der Waals surface area (Å²) in [4.78, 5) is 4.24. The molecule has 1 aliphatic carbocycles. The first-order valence-electron chi connectivity index (χ1n) is 5.95. The lowest BCUT2D eigenvalue weighted by molar-refractivity contribution is 0.320. The van der Waals surface area contributed by atoms with Crippen LogP contribution in [0.1, 0.15) is 32.0 Å². The van der Waals surface area contributed by atoms with Gasteiger partial charge < -0.3 is 5.32 Å². The first-order valence-corrected chi connectivity index (χ1v) is 5.95. The number of fused-ring (bicyclic) bond motifs is 1. The van der Waals surface area contributed by atoms with Crippen LogP contribution in [0.2, 0.25) is 0 Å². The van der Waals surface area contributed by atoms with E-state index < -0.39 is 0 Å². The second kappa shape index (κ2) is 3.59. The van der Waals surface area contributed by atoms with Gasteiger partial charge in [0.2, 0.25) is 0 Å². The van der Waals surface area contributed by atoms with E-state index in [9.17, 15) is 0 Å². The molecule has 1 fully saturated rings. The van der Waals surface area contributed by atoms with Crippen LogP contribution >= 0.6 is 0 Å². The number of rotatable bonds is 3. The van der Waals surface area contributed by atoms with Gasteiger partial charge in [0, 0.05) is 18.5 Å². The highest BCUT2D eigenvalue weighted by atomic mass is 15.3. The van der Waals surface area contributed by atoms with Gasteiger partial charge in [-0.2, -0.15) is 5.10 Å². The van der Waals surface area contributed by atoms with Crippen LogP contribution in [0, 0.1) is 5.92 Å². The minimum atomic E-state index is 0.592. The van der Waals surface area contributed by atoms with E-state index >= 15 is 0 Å². The summed E-state index contributed by atoms with van der Waals surface area (Å²) in [6.45, 7) is 3.31. The first-order chi connectivity index (χ1) is 7.33. The van der Waals surface area contributed by atoms with Crippen LogP contribution in [-0.2, 0) is 13.0 Å². The summed E-state index contributed by atoms with van der Waals surface area (Å²) in [6.07, 6.45) is 6.76. The zero-order valence-electron chi connectivity index (χ0n) is 9.19. The van der Waals surface area contributed by atoms with Crippen LogP contribution in [0.15, 0.2) is 6.33 Å². The van der Waals surface area contributed by atoms with Crippen molar-refractivity contribution in [1.29, 1.82) is 0 Å². The molecule has 1 aromatic rings. The van der Waals surface area contributed by atoms with Crippen molar-refractivity contribution >= 4 is 0 Å². The molecule has 1 aromatic heterocycles. The fourth-order valence-corrected chi connectivity index (χ4v) is 2.48. The smallest absolute Gasteiger partial charge is 0.138 e. The van der Waals surface area contributed by atoms with Gasteiger partial charge in [-0.25, -0.2) is 9.67 Å². The van der Waals surface area contributed by atoms with Gasteiger partial charge in [-0.1, -0.05) is 0 Å². The summed E-state index contributed by atoms with van der Waals surface area (Å²) in [5, 5.41) is 7.96. The minimum absolute atomic E-state index is 0.592. The number of aromatic nitrogens is 3. The monoisotopic (exact) mass is 206 g/mol. The highest BCUT2D eigenvalue weighted by molar-refractivity contribution is 4.94. The third-order valence-electron chi connectivity index (χ3n) is 3.63. The zero-order valence-corrected chi connectivity index (χ0v) is 9.19. The van der Waals surface area contributed by atoms with E-state index in [-0.39, 0.29) is 0 Å². The Bertz CT molecular complexity index is 342. The normalized spacial score (nSPS) is 27.4. The number of hydrogen-bond acceptors (Lipinski definition) is 3. The standard InChI is InChI=1S/C11H18N4/c1-8(9-2-3-9)14-10-4-5-11-12-7-13-15(11)6-10/h7-10,14H,2-6H2,1H3. The molecule has 0 aromatic carbocycles. The summed E-state index contributed by atoms with van der Waals surface area (Å²) in [5.74, 6) is 2.08. The van der Waals surface area contributed by atoms with E-state index in [2.05, 4.69) is 22.3 Å². The average Bonchev–Trinajstić information content (AvgIpc) is 2.98. The fourth-order valence-electron chi connectivity index (χ4n) is 2.48. The summed E-state index contributed by atoms with van der Waals surface area (Å²) >= 11 is 0. The maximum absolute atomic E-state index is 4.24. The van der Waals surface area contributed by atoms with Crippen molar-refractivity contribution in [3.63, 3.8) is 0 Å². The molecule has 2 aliphatic rings. The van der Waals surface area contributed by atoms with Crippen LogP contribution in [0.5, 0.6) is 0 Å². The molecule has 0 spiro atoms. The zero-order chi connectivity index (χ0) is 10.3. The second-order valence-corrected chi connectivity index (χ2v) is 4.89. The molecule has 1 saturated carbocycles. The van der Waals surface area contributed by atoms with Gasteiger partial charge in [0.05, 0.1) is 6.54 Å². The third kappa shape index (κ3) is 1.91. The number of nitrogens with zero attached hydrogens (tertiary/aromatic N) is 3. The van der Waals surface area contributed by atoms with Gasteiger partial charge in [0.25, 0.3) is 0 Å². The largest absolute Gasteiger partial charge is 0.309 e. The number of aryl methyl sites for hydroxylation is 1. The van der Waals surface area contributed by atoms with Crippen LogP contribution < -0.4 is 5.32 Å². The van der Waals surface area contributed by atoms with Gasteiger partial charge >= 0.3 is 0 Å². The van der Waals surface area contributed by atoms with Crippen molar-refractivity contribution in [2.75, 3.05) is 0 Å². The maximum atomic E-state index is 4.24. The molecular formula is C11H18N4. The molecule has 4 nitrogen and oxygen atoms in total. The summed E-state index contributed by atoms with van der Waals surface area (Å²) in [6, 6.07) is 1.27. The van der Waals surface area contributed by atoms with Gasteiger partial charge in [-0.05, 0) is 32.1 Å². The van der Waals surface area contributed by atoms with Gasteiger partial charge in [0.15, 0.2) is 0 Å². The third-order valence-corrected chi connectivity index (χ3v) is 3.63. The highest BCUT2D eigenvalue weighted by Gasteiger charge is 2.30. The Morgan fingerprint density at radius 2 is 2.33 bits per heavy atom. The van der Waals surface area contributed by atoms with Gasteiger partial charge in [-0.15, -0.1) is 0 Å². The van der Waals surface area contributed by atoms with E-state index in [0.29, 0.717) is 12.1 Å². The predicted molar refractivity (Wildman–Crippen MR) is 57.5 cm³/mol. The molecule has 0 radical (unpaired) electrons. The molecular weight excluding hydrogens is 188 g/mol. The van der Waals surface area contributed by atoms with Crippen molar-refractivity contribution in [3.8, 4) is 0 Å². The molecule has 0 amide bonds. The lowest BCUT2D eigenvalue weighted by Crippen LogP contribution is -2.43. The van der Waals surface area contributed by atoms with Gasteiger partial charge in [-0.3, -0.25) is 0 Å². The molecule has 0 saturated heterocycles. The Balaban J connectivity index is 1.60. The Morgan fingerprint density at radius 1 is 1.47 bits per heavy atom. The van der Waals surface area contributed by atoms with Crippen molar-refractivity contribution in [2.24, 2.45) is 5.92 Å². The summed E-state index contributed by atoms with van der Waals surface area (Å²) in [7, 11) is 0. The molecule has 2 heterocycles. The average molecular weight is 206 g/mol. The molecule has 15 heavy (non-hydrogen) atoms. The van der Waals surface area contributed by atoms with Crippen LogP contribution in [-0.4, -0.2) is 26.8 Å². The highest BCUT2D eigenvalue weighted by Crippen LogP contribution is 2.32. The van der Waals surface area contributed by atoms with Crippen molar-refractivity contribution in [3.05, 3.63) is 12.2 Å². The molecule has 2 atom stereocenters. The quantitative estimate of drug-likeness (QED) is 0.801. The van der Waals surface area contributed by atoms with Crippen molar-refractivity contribution in [2.45, 2.75) is 51.2 Å². The Morgan fingerprint density at radius 3 is 3.13 bits per heavy atom. The molecule has 82 valence electrons. The summed E-state index contributed by atoms with van der Waals surface area (Å²) < 4.78 is 2.04. The molecule has 4 heteroatoms. The topological polar surface area (TPSA) is 42.7 Å². The van der Waals surface area contributed by atoms with Crippen LogP contribution in [0.25, 0.3) is 0 Å². The van der Waals surface area contributed by atoms with E-state index in [0.717, 1.165) is 24.7 Å². The van der Waals surface area contributed by atoms with E-state index in [1.54, 1.807) is 6.33 Å². The number of hydrogen-bond donors (Lipinski definition) is 1. The van der Waals surface area contributed by atoms with Crippen LogP contribution in [0.3, 0.4) is 0 Å².